The minimum Gasteiger partial charge on any atom is -0.383 e. The standard InChI is InChI=1S/C18H25N5O2/c1-22-15-4-3-12(9-14(15)21-18(22)20-6-8-25-2)17(24)23-7-5-13-10-19-11-16(13)23/h3-4,9,13,16,19H,5-8,10-11H2,1-2H3,(H,20,21). The van der Waals surface area contributed by atoms with E-state index >= 15 is 0 Å². The summed E-state index contributed by atoms with van der Waals surface area (Å²) in [5, 5.41) is 6.66. The normalized spacial score (nSPS) is 22.6. The molecule has 2 N–H and O–H groups in total. The van der Waals surface area contributed by atoms with Gasteiger partial charge in [-0.05, 0) is 30.5 Å². The average molecular weight is 343 g/mol. The number of hydrogen-bond acceptors (Lipinski definition) is 5. The molecule has 0 saturated carbocycles. The van der Waals surface area contributed by atoms with Gasteiger partial charge in [0, 0.05) is 51.9 Å². The number of amides is 1. The van der Waals surface area contributed by atoms with Gasteiger partial charge in [0.25, 0.3) is 5.91 Å². The van der Waals surface area contributed by atoms with E-state index in [1.54, 1.807) is 7.11 Å². The van der Waals surface area contributed by atoms with Crippen molar-refractivity contribution in [3.63, 3.8) is 0 Å². The van der Waals surface area contributed by atoms with Crippen molar-refractivity contribution >= 4 is 22.9 Å². The first-order chi connectivity index (χ1) is 12.2. The van der Waals surface area contributed by atoms with E-state index in [-0.39, 0.29) is 5.91 Å². The fourth-order valence-corrected chi connectivity index (χ4v) is 4.02. The Morgan fingerprint density at radius 2 is 2.32 bits per heavy atom. The van der Waals surface area contributed by atoms with Crippen LogP contribution in [0.15, 0.2) is 18.2 Å². The Morgan fingerprint density at radius 1 is 1.44 bits per heavy atom. The zero-order chi connectivity index (χ0) is 17.4. The van der Waals surface area contributed by atoms with Gasteiger partial charge >= 0.3 is 0 Å². The molecular formula is C18H25N5O2. The number of likely N-dealkylation sites (tertiary alicyclic amines) is 1. The predicted molar refractivity (Wildman–Crippen MR) is 96.9 cm³/mol. The number of imidazole rings is 1. The molecule has 0 aliphatic carbocycles. The molecule has 4 rings (SSSR count). The van der Waals surface area contributed by atoms with E-state index in [1.165, 1.54) is 0 Å². The van der Waals surface area contributed by atoms with Crippen LogP contribution in [0.3, 0.4) is 0 Å². The predicted octanol–water partition coefficient (Wildman–Crippen LogP) is 1.07. The van der Waals surface area contributed by atoms with E-state index in [0.717, 1.165) is 48.6 Å². The Balaban J connectivity index is 1.57. The molecule has 25 heavy (non-hydrogen) atoms. The van der Waals surface area contributed by atoms with E-state index in [2.05, 4.69) is 15.6 Å². The molecule has 2 fully saturated rings. The summed E-state index contributed by atoms with van der Waals surface area (Å²) in [6.07, 6.45) is 1.10. The number of hydrogen-bond donors (Lipinski definition) is 2. The van der Waals surface area contributed by atoms with Crippen molar-refractivity contribution in [1.29, 1.82) is 0 Å². The van der Waals surface area contributed by atoms with E-state index < -0.39 is 0 Å². The maximum atomic E-state index is 13.0. The van der Waals surface area contributed by atoms with Gasteiger partial charge in [-0.2, -0.15) is 0 Å². The van der Waals surface area contributed by atoms with E-state index in [9.17, 15) is 4.79 Å². The lowest BCUT2D eigenvalue weighted by Gasteiger charge is -2.23. The summed E-state index contributed by atoms with van der Waals surface area (Å²) in [7, 11) is 3.65. The Kier molecular flexibility index (Phi) is 4.35. The fraction of sp³-hybridized carbons (Fsp3) is 0.556. The maximum absolute atomic E-state index is 13.0. The first-order valence-corrected chi connectivity index (χ1v) is 8.90. The van der Waals surface area contributed by atoms with Gasteiger partial charge in [0.05, 0.1) is 17.6 Å². The van der Waals surface area contributed by atoms with Crippen LogP contribution in [0.1, 0.15) is 16.8 Å². The molecule has 1 aromatic heterocycles. The molecule has 1 aromatic carbocycles. The molecule has 2 aromatic rings. The number of anilines is 1. The molecule has 1 amide bonds. The molecule has 2 atom stereocenters. The molecule has 0 bridgehead atoms. The summed E-state index contributed by atoms with van der Waals surface area (Å²) in [6, 6.07) is 6.16. The second kappa shape index (κ2) is 6.65. The maximum Gasteiger partial charge on any atom is 0.254 e. The number of fused-ring (bicyclic) bond motifs is 2. The highest BCUT2D eigenvalue weighted by Crippen LogP contribution is 2.29. The number of benzene rings is 1. The Bertz CT molecular complexity index is 787. The molecule has 2 saturated heterocycles. The van der Waals surface area contributed by atoms with Gasteiger partial charge < -0.3 is 24.8 Å². The first-order valence-electron chi connectivity index (χ1n) is 8.90. The number of aromatic nitrogens is 2. The lowest BCUT2D eigenvalue weighted by atomic mass is 10.0. The van der Waals surface area contributed by atoms with E-state index in [4.69, 9.17) is 4.74 Å². The van der Waals surface area contributed by atoms with Gasteiger partial charge in [0.1, 0.15) is 0 Å². The van der Waals surface area contributed by atoms with E-state index in [1.807, 2.05) is 34.7 Å². The Morgan fingerprint density at radius 3 is 3.16 bits per heavy atom. The number of ether oxygens (including phenoxy) is 1. The molecular weight excluding hydrogens is 318 g/mol. The number of nitrogens with zero attached hydrogens (tertiary/aromatic N) is 3. The lowest BCUT2D eigenvalue weighted by molar-refractivity contribution is 0.0737. The van der Waals surface area contributed by atoms with Crippen LogP contribution in [0.2, 0.25) is 0 Å². The minimum atomic E-state index is 0.123. The number of aryl methyl sites for hydroxylation is 1. The number of carbonyl (C=O) groups excluding carboxylic acids is 1. The van der Waals surface area contributed by atoms with Gasteiger partial charge in [-0.15, -0.1) is 0 Å². The molecule has 3 heterocycles. The highest BCUT2D eigenvalue weighted by atomic mass is 16.5. The van der Waals surface area contributed by atoms with Crippen LogP contribution in [-0.2, 0) is 11.8 Å². The SMILES string of the molecule is COCCNc1nc2cc(C(=O)N3CCC4CNCC43)ccc2n1C. The van der Waals surface area contributed by atoms with Crippen molar-refractivity contribution in [1.82, 2.24) is 19.8 Å². The van der Waals surface area contributed by atoms with Crippen LogP contribution >= 0.6 is 0 Å². The smallest absolute Gasteiger partial charge is 0.254 e. The molecule has 2 unspecified atom stereocenters. The number of carbonyl (C=O) groups is 1. The molecule has 134 valence electrons. The van der Waals surface area contributed by atoms with Crippen LogP contribution in [0.5, 0.6) is 0 Å². The summed E-state index contributed by atoms with van der Waals surface area (Å²) in [5.74, 6) is 1.52. The first kappa shape index (κ1) is 16.4. The van der Waals surface area contributed by atoms with Crippen LogP contribution in [0.25, 0.3) is 11.0 Å². The topological polar surface area (TPSA) is 71.4 Å². The highest BCUT2D eigenvalue weighted by Gasteiger charge is 2.40. The molecule has 0 spiro atoms. The third-order valence-corrected chi connectivity index (χ3v) is 5.42. The zero-order valence-corrected chi connectivity index (χ0v) is 14.8. The summed E-state index contributed by atoms with van der Waals surface area (Å²) in [6.45, 7) is 4.13. The van der Waals surface area contributed by atoms with Crippen molar-refractivity contribution in [2.24, 2.45) is 13.0 Å². The number of nitrogens with one attached hydrogen (secondary N) is 2. The number of methoxy groups -OCH3 is 1. The van der Waals surface area contributed by atoms with Crippen LogP contribution in [-0.4, -0.2) is 66.3 Å². The van der Waals surface area contributed by atoms with Crippen molar-refractivity contribution in [2.75, 3.05) is 45.2 Å². The summed E-state index contributed by atoms with van der Waals surface area (Å²) in [5.41, 5.74) is 2.58. The van der Waals surface area contributed by atoms with Crippen LogP contribution < -0.4 is 10.6 Å². The molecule has 0 radical (unpaired) electrons. The fourth-order valence-electron chi connectivity index (χ4n) is 4.02. The summed E-state index contributed by atoms with van der Waals surface area (Å²) >= 11 is 0. The van der Waals surface area contributed by atoms with Gasteiger partial charge in [-0.3, -0.25) is 4.79 Å². The Hall–Kier alpha value is -2.12. The van der Waals surface area contributed by atoms with Crippen LogP contribution in [0.4, 0.5) is 5.95 Å². The average Bonchev–Trinajstić information content (AvgIpc) is 3.30. The van der Waals surface area contributed by atoms with Crippen LogP contribution in [0, 0.1) is 5.92 Å². The lowest BCUT2D eigenvalue weighted by Crippen LogP contribution is -2.39. The largest absolute Gasteiger partial charge is 0.383 e. The van der Waals surface area contributed by atoms with Crippen molar-refractivity contribution in [2.45, 2.75) is 12.5 Å². The molecule has 2 aliphatic heterocycles. The second-order valence-corrected chi connectivity index (χ2v) is 6.89. The monoisotopic (exact) mass is 343 g/mol. The van der Waals surface area contributed by atoms with Crippen molar-refractivity contribution < 1.29 is 9.53 Å². The molecule has 7 heteroatoms. The van der Waals surface area contributed by atoms with Crippen molar-refractivity contribution in [3.8, 4) is 0 Å². The van der Waals surface area contributed by atoms with Gasteiger partial charge in [-0.25, -0.2) is 4.98 Å². The highest BCUT2D eigenvalue weighted by molar-refractivity contribution is 5.98. The van der Waals surface area contributed by atoms with Crippen molar-refractivity contribution in [3.05, 3.63) is 23.8 Å². The minimum absolute atomic E-state index is 0.123. The van der Waals surface area contributed by atoms with Gasteiger partial charge in [-0.1, -0.05) is 0 Å². The summed E-state index contributed by atoms with van der Waals surface area (Å²) < 4.78 is 7.07. The molecule has 2 aliphatic rings. The zero-order valence-electron chi connectivity index (χ0n) is 14.8. The van der Waals surface area contributed by atoms with Gasteiger partial charge in [0.15, 0.2) is 0 Å². The summed E-state index contributed by atoms with van der Waals surface area (Å²) in [4.78, 5) is 19.6. The third-order valence-electron chi connectivity index (χ3n) is 5.42. The van der Waals surface area contributed by atoms with E-state index in [0.29, 0.717) is 25.1 Å². The second-order valence-electron chi connectivity index (χ2n) is 6.89. The Labute approximate surface area is 147 Å². The third kappa shape index (κ3) is 2.87. The molecule has 7 nitrogen and oxygen atoms in total. The van der Waals surface area contributed by atoms with Gasteiger partial charge in [0.2, 0.25) is 5.95 Å². The quantitative estimate of drug-likeness (QED) is 0.795. The number of rotatable bonds is 5.